The molecule has 0 bridgehead atoms. The van der Waals surface area contributed by atoms with Crippen molar-refractivity contribution in [3.05, 3.63) is 40.4 Å². The molecule has 0 spiro atoms. The Morgan fingerprint density at radius 3 is 2.85 bits per heavy atom. The molecule has 140 valence electrons. The fourth-order valence-corrected chi connectivity index (χ4v) is 2.72. The number of para-hydroxylation sites is 1. The number of esters is 1. The number of nitrogens with zero attached hydrogens (tertiary/aromatic N) is 2. The average Bonchev–Trinajstić information content (AvgIpc) is 3.01. The number of rotatable bonds is 7. The van der Waals surface area contributed by atoms with Crippen LogP contribution in [0, 0.1) is 0 Å². The maximum atomic E-state index is 13.0. The molecule has 1 heterocycles. The molecule has 0 aliphatic carbocycles. The third kappa shape index (κ3) is 5.19. The molecule has 0 fully saturated rings. The molecule has 1 N–H and O–H groups in total. The van der Waals surface area contributed by atoms with E-state index >= 15 is 0 Å². The minimum absolute atomic E-state index is 0.0389. The van der Waals surface area contributed by atoms with Gasteiger partial charge in [0.2, 0.25) is 5.13 Å². The fraction of sp³-hybridized carbons (Fsp3) is 0.312. The molecule has 10 heteroatoms. The van der Waals surface area contributed by atoms with Gasteiger partial charge < -0.3 is 9.47 Å². The highest BCUT2D eigenvalue weighted by molar-refractivity contribution is 7.13. The van der Waals surface area contributed by atoms with Gasteiger partial charge in [0.05, 0.1) is 37.6 Å². The Morgan fingerprint density at radius 2 is 2.19 bits per heavy atom. The Hall–Kier alpha value is -2.62. The molecule has 0 unspecified atom stereocenters. The minimum atomic E-state index is -4.53. The Kier molecular flexibility index (Phi) is 6.56. The van der Waals surface area contributed by atoms with Gasteiger partial charge in [-0.2, -0.15) is 18.3 Å². The number of ether oxygens (including phenoxy) is 2. The van der Waals surface area contributed by atoms with Gasteiger partial charge in [-0.1, -0.05) is 6.07 Å². The summed E-state index contributed by atoms with van der Waals surface area (Å²) >= 11 is 1.21. The van der Waals surface area contributed by atoms with Crippen LogP contribution in [-0.4, -0.2) is 30.9 Å². The third-order valence-corrected chi connectivity index (χ3v) is 3.90. The number of aromatic nitrogens is 1. The van der Waals surface area contributed by atoms with E-state index in [2.05, 4.69) is 15.5 Å². The number of alkyl halides is 3. The molecule has 2 aromatic rings. The van der Waals surface area contributed by atoms with Gasteiger partial charge in [-0.25, -0.2) is 4.98 Å². The van der Waals surface area contributed by atoms with Gasteiger partial charge in [0, 0.05) is 10.9 Å². The van der Waals surface area contributed by atoms with Crippen molar-refractivity contribution in [1.29, 1.82) is 0 Å². The fourth-order valence-electron chi connectivity index (χ4n) is 2.06. The van der Waals surface area contributed by atoms with Gasteiger partial charge in [0.1, 0.15) is 5.75 Å². The van der Waals surface area contributed by atoms with Crippen LogP contribution in [0.4, 0.5) is 18.3 Å². The minimum Gasteiger partial charge on any atom is -0.495 e. The average molecular weight is 387 g/mol. The molecule has 0 aliphatic rings. The van der Waals surface area contributed by atoms with Gasteiger partial charge in [0.15, 0.2) is 0 Å². The molecule has 2 rings (SSSR count). The summed E-state index contributed by atoms with van der Waals surface area (Å²) < 4.78 is 48.6. The number of benzene rings is 1. The molecule has 0 saturated carbocycles. The summed E-state index contributed by atoms with van der Waals surface area (Å²) in [6.45, 7) is 2.00. The number of hydrazone groups is 1. The predicted octanol–water partition coefficient (Wildman–Crippen LogP) is 3.72. The van der Waals surface area contributed by atoms with Crippen molar-refractivity contribution in [2.45, 2.75) is 19.5 Å². The highest BCUT2D eigenvalue weighted by atomic mass is 32.1. The number of methoxy groups -OCH3 is 1. The van der Waals surface area contributed by atoms with E-state index in [1.807, 2.05) is 0 Å². The zero-order valence-electron chi connectivity index (χ0n) is 14.0. The molecule has 0 saturated heterocycles. The normalized spacial score (nSPS) is 11.6. The van der Waals surface area contributed by atoms with Crippen molar-refractivity contribution in [2.24, 2.45) is 5.10 Å². The highest BCUT2D eigenvalue weighted by Crippen LogP contribution is 2.37. The molecule has 1 aromatic heterocycles. The molecule has 26 heavy (non-hydrogen) atoms. The van der Waals surface area contributed by atoms with Crippen LogP contribution in [0.15, 0.2) is 28.7 Å². The van der Waals surface area contributed by atoms with Crippen molar-refractivity contribution in [2.75, 3.05) is 19.1 Å². The van der Waals surface area contributed by atoms with Crippen molar-refractivity contribution < 1.29 is 27.4 Å². The number of hydrogen-bond acceptors (Lipinski definition) is 7. The number of hydrogen-bond donors (Lipinski definition) is 1. The molecule has 1 aromatic carbocycles. The third-order valence-electron chi connectivity index (χ3n) is 3.10. The van der Waals surface area contributed by atoms with Crippen LogP contribution in [-0.2, 0) is 22.1 Å². The van der Waals surface area contributed by atoms with Gasteiger partial charge in [0.25, 0.3) is 0 Å². The van der Waals surface area contributed by atoms with Crippen LogP contribution in [0.2, 0.25) is 0 Å². The monoisotopic (exact) mass is 387 g/mol. The van der Waals surface area contributed by atoms with Gasteiger partial charge in [-0.05, 0) is 19.1 Å². The van der Waals surface area contributed by atoms with Crippen LogP contribution >= 0.6 is 11.3 Å². The number of carbonyl (C=O) groups is 1. The zero-order chi connectivity index (χ0) is 19.2. The quantitative estimate of drug-likeness (QED) is 0.445. The van der Waals surface area contributed by atoms with E-state index in [0.717, 1.165) is 13.2 Å². The number of anilines is 1. The Morgan fingerprint density at radius 1 is 1.42 bits per heavy atom. The highest BCUT2D eigenvalue weighted by Gasteiger charge is 2.34. The molecule has 0 amide bonds. The van der Waals surface area contributed by atoms with Gasteiger partial charge >= 0.3 is 12.1 Å². The van der Waals surface area contributed by atoms with Crippen LogP contribution in [0.1, 0.15) is 23.7 Å². The van der Waals surface area contributed by atoms with Crippen LogP contribution < -0.4 is 10.2 Å². The van der Waals surface area contributed by atoms with E-state index in [-0.39, 0.29) is 30.3 Å². The van der Waals surface area contributed by atoms with E-state index in [1.54, 1.807) is 12.3 Å². The smallest absolute Gasteiger partial charge is 0.419 e. The first-order valence-corrected chi connectivity index (χ1v) is 8.36. The standard InChI is InChI=1S/C16H16F3N3O3S/c1-3-25-13(23)7-11-9-26-15(21-11)22-20-8-10-5-4-6-12(14(10)24-2)16(17,18)19/h4-6,8-9H,3,7H2,1-2H3,(H,21,22). The van der Waals surface area contributed by atoms with E-state index in [9.17, 15) is 18.0 Å². The maximum Gasteiger partial charge on any atom is 0.419 e. The first kappa shape index (κ1) is 19.7. The predicted molar refractivity (Wildman–Crippen MR) is 91.7 cm³/mol. The summed E-state index contributed by atoms with van der Waals surface area (Å²) in [7, 11) is 1.16. The topological polar surface area (TPSA) is 72.8 Å². The van der Waals surface area contributed by atoms with Crippen molar-refractivity contribution in [3.8, 4) is 5.75 Å². The molecule has 0 atom stereocenters. The van der Waals surface area contributed by atoms with Crippen LogP contribution in [0.25, 0.3) is 0 Å². The van der Waals surface area contributed by atoms with Gasteiger partial charge in [-0.15, -0.1) is 11.3 Å². The summed E-state index contributed by atoms with van der Waals surface area (Å²) in [5, 5.41) is 5.94. The van der Waals surface area contributed by atoms with Gasteiger partial charge in [-0.3, -0.25) is 10.2 Å². The van der Waals surface area contributed by atoms with Crippen LogP contribution in [0.3, 0.4) is 0 Å². The number of nitrogens with one attached hydrogen (secondary N) is 1. The Bertz CT molecular complexity index is 791. The second kappa shape index (κ2) is 8.65. The lowest BCUT2D eigenvalue weighted by Gasteiger charge is -2.13. The second-order valence-corrected chi connectivity index (χ2v) is 5.78. The Labute approximate surface area is 151 Å². The SMILES string of the molecule is CCOC(=O)Cc1csc(NN=Cc2cccc(C(F)(F)F)c2OC)n1. The van der Waals surface area contributed by atoms with E-state index in [0.29, 0.717) is 10.8 Å². The maximum absolute atomic E-state index is 13.0. The first-order chi connectivity index (χ1) is 12.3. The van der Waals surface area contributed by atoms with Crippen molar-refractivity contribution in [3.63, 3.8) is 0 Å². The van der Waals surface area contributed by atoms with Crippen molar-refractivity contribution >= 4 is 28.7 Å². The Balaban J connectivity index is 2.07. The lowest BCUT2D eigenvalue weighted by molar-refractivity contribution is -0.142. The summed E-state index contributed by atoms with van der Waals surface area (Å²) in [5.74, 6) is -0.700. The lowest BCUT2D eigenvalue weighted by atomic mass is 10.1. The van der Waals surface area contributed by atoms with E-state index in [4.69, 9.17) is 9.47 Å². The second-order valence-electron chi connectivity index (χ2n) is 4.92. The number of thiazole rings is 1. The van der Waals surface area contributed by atoms with Crippen LogP contribution in [0.5, 0.6) is 5.75 Å². The van der Waals surface area contributed by atoms with Crippen molar-refractivity contribution in [1.82, 2.24) is 4.98 Å². The molecule has 6 nitrogen and oxygen atoms in total. The zero-order valence-corrected chi connectivity index (χ0v) is 14.8. The number of halogens is 3. The number of carbonyl (C=O) groups excluding carboxylic acids is 1. The summed E-state index contributed by atoms with van der Waals surface area (Å²) in [6.07, 6.45) is -3.28. The largest absolute Gasteiger partial charge is 0.495 e. The first-order valence-electron chi connectivity index (χ1n) is 7.48. The van der Waals surface area contributed by atoms with E-state index in [1.165, 1.54) is 29.7 Å². The molecule has 0 radical (unpaired) electrons. The molecular formula is C16H16F3N3O3S. The summed E-state index contributed by atoms with van der Waals surface area (Å²) in [6, 6.07) is 3.66. The summed E-state index contributed by atoms with van der Waals surface area (Å²) in [5.41, 5.74) is 2.42. The summed E-state index contributed by atoms with van der Waals surface area (Å²) in [4.78, 5) is 15.5. The lowest BCUT2D eigenvalue weighted by Crippen LogP contribution is -2.09. The van der Waals surface area contributed by atoms with E-state index < -0.39 is 11.7 Å². The molecule has 0 aliphatic heterocycles. The molecular weight excluding hydrogens is 371 g/mol.